The van der Waals surface area contributed by atoms with Crippen LogP contribution in [0, 0.1) is 0 Å². The second kappa shape index (κ2) is 8.67. The highest BCUT2D eigenvalue weighted by Gasteiger charge is 2.16. The molecule has 0 atom stereocenters. The molecule has 0 unspecified atom stereocenters. The van der Waals surface area contributed by atoms with Crippen LogP contribution in [-0.2, 0) is 12.8 Å². The van der Waals surface area contributed by atoms with Gasteiger partial charge in [-0.1, -0.05) is 30.3 Å². The van der Waals surface area contributed by atoms with Crippen molar-refractivity contribution in [1.82, 2.24) is 19.9 Å². The Balaban J connectivity index is 1.17. The van der Waals surface area contributed by atoms with Gasteiger partial charge in [-0.15, -0.1) is 0 Å². The SMILES string of the molecule is c1ccc(N2CCN(CCc3ccc4nc(Cc5ccccn5)[nH]c4c3)CC2)cc1. The Morgan fingerprint density at radius 2 is 1.70 bits per heavy atom. The lowest BCUT2D eigenvalue weighted by Gasteiger charge is -2.36. The molecule has 0 amide bonds. The lowest BCUT2D eigenvalue weighted by molar-refractivity contribution is 0.261. The van der Waals surface area contributed by atoms with Crippen LogP contribution in [-0.4, -0.2) is 52.6 Å². The van der Waals surface area contributed by atoms with Crippen molar-refractivity contribution >= 4 is 16.7 Å². The number of fused-ring (bicyclic) bond motifs is 1. The van der Waals surface area contributed by atoms with E-state index in [1.807, 2.05) is 24.4 Å². The molecule has 0 radical (unpaired) electrons. The van der Waals surface area contributed by atoms with E-state index in [4.69, 9.17) is 4.98 Å². The molecule has 1 saturated heterocycles. The first-order chi connectivity index (χ1) is 14.8. The Bertz CT molecular complexity index is 1080. The summed E-state index contributed by atoms with van der Waals surface area (Å²) in [5, 5.41) is 0. The molecule has 1 aliphatic rings. The van der Waals surface area contributed by atoms with E-state index in [1.165, 1.54) is 11.3 Å². The molecule has 30 heavy (non-hydrogen) atoms. The molecule has 0 saturated carbocycles. The third-order valence-electron chi connectivity index (χ3n) is 5.88. The number of pyridine rings is 1. The summed E-state index contributed by atoms with van der Waals surface area (Å²) in [4.78, 5) is 17.7. The Morgan fingerprint density at radius 1 is 0.867 bits per heavy atom. The Morgan fingerprint density at radius 3 is 2.50 bits per heavy atom. The summed E-state index contributed by atoms with van der Waals surface area (Å²) in [6.45, 7) is 5.54. The zero-order valence-corrected chi connectivity index (χ0v) is 17.2. The highest BCUT2D eigenvalue weighted by molar-refractivity contribution is 5.76. The summed E-state index contributed by atoms with van der Waals surface area (Å²) in [5.41, 5.74) is 5.88. The van der Waals surface area contributed by atoms with Crippen molar-refractivity contribution in [1.29, 1.82) is 0 Å². The molecule has 0 bridgehead atoms. The molecule has 152 valence electrons. The Labute approximate surface area is 177 Å². The molecule has 1 fully saturated rings. The highest BCUT2D eigenvalue weighted by Crippen LogP contribution is 2.18. The van der Waals surface area contributed by atoms with E-state index in [0.29, 0.717) is 0 Å². The molecular weight excluding hydrogens is 370 g/mol. The van der Waals surface area contributed by atoms with Gasteiger partial charge in [0, 0.05) is 56.7 Å². The average Bonchev–Trinajstić information content (AvgIpc) is 3.21. The number of hydrogen-bond donors (Lipinski definition) is 1. The van der Waals surface area contributed by atoms with Gasteiger partial charge in [-0.3, -0.25) is 9.88 Å². The number of nitrogens with one attached hydrogen (secondary N) is 1. The number of anilines is 1. The number of imidazole rings is 1. The molecule has 0 spiro atoms. The van der Waals surface area contributed by atoms with Crippen molar-refractivity contribution in [3.8, 4) is 0 Å². The number of piperazine rings is 1. The van der Waals surface area contributed by atoms with Crippen molar-refractivity contribution in [3.05, 3.63) is 90.0 Å². The maximum atomic E-state index is 4.72. The van der Waals surface area contributed by atoms with Crippen LogP contribution in [0.1, 0.15) is 17.1 Å². The minimum absolute atomic E-state index is 0.733. The van der Waals surface area contributed by atoms with Crippen molar-refractivity contribution in [3.63, 3.8) is 0 Å². The number of aromatic amines is 1. The van der Waals surface area contributed by atoms with E-state index < -0.39 is 0 Å². The zero-order valence-electron chi connectivity index (χ0n) is 17.2. The lowest BCUT2D eigenvalue weighted by atomic mass is 10.1. The van der Waals surface area contributed by atoms with Gasteiger partial charge >= 0.3 is 0 Å². The van der Waals surface area contributed by atoms with Gasteiger partial charge in [0.05, 0.1) is 11.0 Å². The van der Waals surface area contributed by atoms with Crippen LogP contribution >= 0.6 is 0 Å². The van der Waals surface area contributed by atoms with Gasteiger partial charge in [0.2, 0.25) is 0 Å². The van der Waals surface area contributed by atoms with E-state index in [1.54, 1.807) is 0 Å². The Kier molecular flexibility index (Phi) is 5.44. The molecule has 5 nitrogen and oxygen atoms in total. The minimum atomic E-state index is 0.733. The molecule has 4 aromatic rings. The van der Waals surface area contributed by atoms with Crippen LogP contribution in [0.4, 0.5) is 5.69 Å². The summed E-state index contributed by atoms with van der Waals surface area (Å²) in [5.74, 6) is 0.970. The molecule has 3 heterocycles. The summed E-state index contributed by atoms with van der Waals surface area (Å²) >= 11 is 0. The topological polar surface area (TPSA) is 48.1 Å². The first kappa shape index (κ1) is 18.8. The summed E-state index contributed by atoms with van der Waals surface area (Å²) in [6, 6.07) is 23.3. The second-order valence-electron chi connectivity index (χ2n) is 7.95. The minimum Gasteiger partial charge on any atom is -0.369 e. The van der Waals surface area contributed by atoms with Crippen LogP contribution in [0.25, 0.3) is 11.0 Å². The number of nitrogens with zero attached hydrogens (tertiary/aromatic N) is 4. The predicted octanol–water partition coefficient (Wildman–Crippen LogP) is 3.91. The fraction of sp³-hybridized carbons (Fsp3) is 0.280. The molecule has 5 heteroatoms. The number of hydrogen-bond acceptors (Lipinski definition) is 4. The quantitative estimate of drug-likeness (QED) is 0.536. The first-order valence-electron chi connectivity index (χ1n) is 10.7. The number of benzene rings is 2. The molecule has 1 aliphatic heterocycles. The monoisotopic (exact) mass is 397 g/mol. The third-order valence-corrected chi connectivity index (χ3v) is 5.88. The second-order valence-corrected chi connectivity index (χ2v) is 7.95. The van der Waals surface area contributed by atoms with Gasteiger partial charge in [0.15, 0.2) is 0 Å². The average molecular weight is 398 g/mol. The van der Waals surface area contributed by atoms with Crippen LogP contribution in [0.2, 0.25) is 0 Å². The van der Waals surface area contributed by atoms with Crippen molar-refractivity contribution in [2.75, 3.05) is 37.6 Å². The van der Waals surface area contributed by atoms with E-state index in [2.05, 4.69) is 68.3 Å². The first-order valence-corrected chi connectivity index (χ1v) is 10.7. The van der Waals surface area contributed by atoms with Crippen molar-refractivity contribution < 1.29 is 0 Å². The van der Waals surface area contributed by atoms with Crippen LogP contribution in [0.3, 0.4) is 0 Å². The van der Waals surface area contributed by atoms with E-state index >= 15 is 0 Å². The Hall–Kier alpha value is -3.18. The summed E-state index contributed by atoms with van der Waals surface area (Å²) in [7, 11) is 0. The molecule has 2 aromatic heterocycles. The number of rotatable bonds is 6. The molecular formula is C25H27N5. The summed E-state index contributed by atoms with van der Waals surface area (Å²) < 4.78 is 0. The normalized spacial score (nSPS) is 15.0. The standard InChI is InChI=1S/C25H27N5/c1-2-7-22(8-3-1)30-16-14-29(15-17-30)13-11-20-9-10-23-24(18-20)28-25(27-23)19-21-6-4-5-12-26-21/h1-10,12,18H,11,13-17,19H2,(H,27,28). The van der Waals surface area contributed by atoms with Gasteiger partial charge in [0.25, 0.3) is 0 Å². The number of para-hydroxylation sites is 1. The van der Waals surface area contributed by atoms with Crippen molar-refractivity contribution in [2.24, 2.45) is 0 Å². The maximum absolute atomic E-state index is 4.72. The van der Waals surface area contributed by atoms with E-state index in [-0.39, 0.29) is 0 Å². The van der Waals surface area contributed by atoms with Crippen molar-refractivity contribution in [2.45, 2.75) is 12.8 Å². The van der Waals surface area contributed by atoms with Gasteiger partial charge in [0.1, 0.15) is 5.82 Å². The number of aromatic nitrogens is 3. The molecule has 0 aliphatic carbocycles. The number of H-pyrrole nitrogens is 1. The molecule has 2 aromatic carbocycles. The molecule has 1 N–H and O–H groups in total. The van der Waals surface area contributed by atoms with Gasteiger partial charge < -0.3 is 9.88 Å². The molecule has 5 rings (SSSR count). The fourth-order valence-corrected chi connectivity index (χ4v) is 4.18. The smallest absolute Gasteiger partial charge is 0.113 e. The maximum Gasteiger partial charge on any atom is 0.113 e. The zero-order chi connectivity index (χ0) is 20.2. The van der Waals surface area contributed by atoms with Crippen LogP contribution < -0.4 is 4.90 Å². The van der Waals surface area contributed by atoms with Gasteiger partial charge in [-0.05, 0) is 48.4 Å². The fourth-order valence-electron chi connectivity index (χ4n) is 4.18. The third kappa shape index (κ3) is 4.36. The van der Waals surface area contributed by atoms with Gasteiger partial charge in [-0.2, -0.15) is 0 Å². The van der Waals surface area contributed by atoms with Crippen LogP contribution in [0.5, 0.6) is 0 Å². The largest absolute Gasteiger partial charge is 0.369 e. The predicted molar refractivity (Wildman–Crippen MR) is 122 cm³/mol. The highest BCUT2D eigenvalue weighted by atomic mass is 15.3. The van der Waals surface area contributed by atoms with E-state index in [9.17, 15) is 0 Å². The van der Waals surface area contributed by atoms with E-state index in [0.717, 1.165) is 68.1 Å². The summed E-state index contributed by atoms with van der Waals surface area (Å²) in [6.07, 6.45) is 3.63. The van der Waals surface area contributed by atoms with Gasteiger partial charge in [-0.25, -0.2) is 4.98 Å². The van der Waals surface area contributed by atoms with Crippen LogP contribution in [0.15, 0.2) is 72.9 Å². The lowest BCUT2D eigenvalue weighted by Crippen LogP contribution is -2.46.